The van der Waals surface area contributed by atoms with E-state index < -0.39 is 0 Å². The summed E-state index contributed by atoms with van der Waals surface area (Å²) < 4.78 is 0. The van der Waals surface area contributed by atoms with Crippen LogP contribution < -0.4 is 0 Å². The summed E-state index contributed by atoms with van der Waals surface area (Å²) in [7, 11) is 1.84. The second-order valence-corrected chi connectivity index (χ2v) is 3.67. The topological polar surface area (TPSA) is 20.3 Å². The molecule has 0 saturated heterocycles. The van der Waals surface area contributed by atoms with E-state index in [1.807, 2.05) is 25.2 Å². The van der Waals surface area contributed by atoms with Crippen LogP contribution in [0.3, 0.4) is 0 Å². The Kier molecular flexibility index (Phi) is 3.69. The van der Waals surface area contributed by atoms with Gasteiger partial charge in [0.25, 0.3) is 0 Å². The molecule has 0 saturated carbocycles. The molecule has 0 spiro atoms. The minimum Gasteiger partial charge on any atom is -0.343 e. The van der Waals surface area contributed by atoms with Gasteiger partial charge in [-0.15, -0.1) is 0 Å². The largest absolute Gasteiger partial charge is 0.343 e. The Morgan fingerprint density at radius 2 is 1.93 bits per heavy atom. The van der Waals surface area contributed by atoms with Crippen molar-refractivity contribution in [1.82, 2.24) is 4.90 Å². The van der Waals surface area contributed by atoms with Gasteiger partial charge in [0.1, 0.15) is 0 Å². The number of hydrogen-bond donors (Lipinski definition) is 0. The van der Waals surface area contributed by atoms with Crippen molar-refractivity contribution in [2.45, 2.75) is 26.3 Å². The minimum atomic E-state index is 0.119. The first-order valence-electron chi connectivity index (χ1n) is 4.88. The number of carbonyl (C=O) groups excluding carboxylic acids is 1. The van der Waals surface area contributed by atoms with Crippen molar-refractivity contribution in [3.63, 3.8) is 0 Å². The number of carbonyl (C=O) groups is 1. The highest BCUT2D eigenvalue weighted by Crippen LogP contribution is 2.07. The number of hydrogen-bond acceptors (Lipinski definition) is 1. The van der Waals surface area contributed by atoms with Gasteiger partial charge in [-0.3, -0.25) is 4.79 Å². The molecule has 0 bridgehead atoms. The van der Waals surface area contributed by atoms with E-state index in [1.165, 1.54) is 5.56 Å². The lowest BCUT2D eigenvalue weighted by atomic mass is 10.1. The smallest absolute Gasteiger partial charge is 0.219 e. The molecule has 76 valence electrons. The van der Waals surface area contributed by atoms with E-state index in [9.17, 15) is 4.79 Å². The Morgan fingerprint density at radius 3 is 2.43 bits per heavy atom. The second kappa shape index (κ2) is 4.80. The number of amides is 1. The van der Waals surface area contributed by atoms with Crippen LogP contribution in [0.4, 0.5) is 0 Å². The van der Waals surface area contributed by atoms with Gasteiger partial charge in [0, 0.05) is 20.0 Å². The number of nitrogens with zero attached hydrogens (tertiary/aromatic N) is 1. The lowest BCUT2D eigenvalue weighted by Gasteiger charge is -2.23. The van der Waals surface area contributed by atoms with Crippen molar-refractivity contribution in [2.75, 3.05) is 7.05 Å². The first kappa shape index (κ1) is 10.8. The van der Waals surface area contributed by atoms with Crippen molar-refractivity contribution in [3.8, 4) is 0 Å². The quantitative estimate of drug-likeness (QED) is 0.716. The van der Waals surface area contributed by atoms with Gasteiger partial charge in [-0.05, 0) is 18.9 Å². The number of rotatable bonds is 3. The van der Waals surface area contributed by atoms with Crippen LogP contribution in [0.25, 0.3) is 0 Å². The lowest BCUT2D eigenvalue weighted by molar-refractivity contribution is -0.129. The number of benzene rings is 1. The molecule has 0 aliphatic heterocycles. The van der Waals surface area contributed by atoms with Crippen LogP contribution in [0.5, 0.6) is 0 Å². The summed E-state index contributed by atoms with van der Waals surface area (Å²) >= 11 is 0. The Labute approximate surface area is 85.5 Å². The molecule has 2 nitrogen and oxygen atoms in total. The van der Waals surface area contributed by atoms with E-state index in [0.29, 0.717) is 0 Å². The molecule has 0 heterocycles. The molecule has 1 aromatic rings. The maximum Gasteiger partial charge on any atom is 0.219 e. The fourth-order valence-corrected chi connectivity index (χ4v) is 1.40. The van der Waals surface area contributed by atoms with Gasteiger partial charge in [-0.25, -0.2) is 0 Å². The fraction of sp³-hybridized carbons (Fsp3) is 0.417. The summed E-state index contributed by atoms with van der Waals surface area (Å²) in [4.78, 5) is 12.9. The Morgan fingerprint density at radius 1 is 1.36 bits per heavy atom. The van der Waals surface area contributed by atoms with Crippen LogP contribution in [0.15, 0.2) is 30.3 Å². The van der Waals surface area contributed by atoms with Crippen LogP contribution >= 0.6 is 0 Å². The Hall–Kier alpha value is -1.31. The highest BCUT2D eigenvalue weighted by atomic mass is 16.2. The van der Waals surface area contributed by atoms with Gasteiger partial charge in [-0.1, -0.05) is 30.3 Å². The van der Waals surface area contributed by atoms with Crippen molar-refractivity contribution in [1.29, 1.82) is 0 Å². The van der Waals surface area contributed by atoms with Crippen molar-refractivity contribution >= 4 is 5.91 Å². The maximum atomic E-state index is 11.1. The Balaban J connectivity index is 2.57. The van der Waals surface area contributed by atoms with E-state index in [0.717, 1.165) is 6.42 Å². The molecule has 1 rings (SSSR count). The van der Waals surface area contributed by atoms with Crippen LogP contribution in [0.1, 0.15) is 19.4 Å². The molecule has 0 fully saturated rings. The predicted octanol–water partition coefficient (Wildman–Crippen LogP) is 2.10. The molecular weight excluding hydrogens is 174 g/mol. The molecule has 1 aromatic carbocycles. The average molecular weight is 191 g/mol. The molecule has 0 aliphatic carbocycles. The number of likely N-dealkylation sites (N-methyl/N-ethyl adjacent to an activating group) is 1. The van der Waals surface area contributed by atoms with E-state index in [2.05, 4.69) is 19.1 Å². The first-order chi connectivity index (χ1) is 6.61. The standard InChI is InChI=1S/C12H17NO/c1-10(13(3)11(2)14)9-12-7-5-4-6-8-12/h4-8,10H,9H2,1-3H3/t10-/m1/s1. The zero-order valence-corrected chi connectivity index (χ0v) is 9.03. The summed E-state index contributed by atoms with van der Waals surface area (Å²) in [6.07, 6.45) is 0.914. The predicted molar refractivity (Wildman–Crippen MR) is 58.1 cm³/mol. The first-order valence-corrected chi connectivity index (χ1v) is 4.88. The van der Waals surface area contributed by atoms with E-state index in [-0.39, 0.29) is 11.9 Å². The summed E-state index contributed by atoms with van der Waals surface area (Å²) in [5.41, 5.74) is 1.27. The molecule has 0 aromatic heterocycles. The fourth-order valence-electron chi connectivity index (χ4n) is 1.40. The summed E-state index contributed by atoms with van der Waals surface area (Å²) in [5.74, 6) is 0.119. The van der Waals surface area contributed by atoms with Crippen molar-refractivity contribution < 1.29 is 4.79 Å². The third-order valence-corrected chi connectivity index (χ3v) is 2.53. The van der Waals surface area contributed by atoms with Crippen molar-refractivity contribution in [3.05, 3.63) is 35.9 Å². The molecule has 2 heteroatoms. The molecule has 1 amide bonds. The highest BCUT2D eigenvalue weighted by Gasteiger charge is 2.11. The molecule has 14 heavy (non-hydrogen) atoms. The van der Waals surface area contributed by atoms with Crippen LogP contribution in [0.2, 0.25) is 0 Å². The van der Waals surface area contributed by atoms with Gasteiger partial charge in [0.2, 0.25) is 5.91 Å². The van der Waals surface area contributed by atoms with E-state index in [1.54, 1.807) is 11.8 Å². The van der Waals surface area contributed by atoms with Gasteiger partial charge < -0.3 is 4.90 Å². The Bertz CT molecular complexity index is 294. The summed E-state index contributed by atoms with van der Waals surface area (Å²) in [6, 6.07) is 10.5. The normalized spacial score (nSPS) is 12.2. The molecule has 0 N–H and O–H groups in total. The average Bonchev–Trinajstić information content (AvgIpc) is 2.18. The molecule has 0 radical (unpaired) electrons. The van der Waals surface area contributed by atoms with Gasteiger partial charge in [0.05, 0.1) is 0 Å². The summed E-state index contributed by atoms with van der Waals surface area (Å²) in [6.45, 7) is 3.66. The summed E-state index contributed by atoms with van der Waals surface area (Å²) in [5, 5.41) is 0. The lowest BCUT2D eigenvalue weighted by Crippen LogP contribution is -2.34. The molecule has 0 unspecified atom stereocenters. The molecular formula is C12H17NO. The second-order valence-electron chi connectivity index (χ2n) is 3.67. The third kappa shape index (κ3) is 2.87. The van der Waals surface area contributed by atoms with Gasteiger partial charge in [0.15, 0.2) is 0 Å². The minimum absolute atomic E-state index is 0.119. The zero-order valence-electron chi connectivity index (χ0n) is 9.03. The maximum absolute atomic E-state index is 11.1. The third-order valence-electron chi connectivity index (χ3n) is 2.53. The highest BCUT2D eigenvalue weighted by molar-refractivity contribution is 5.73. The van der Waals surface area contributed by atoms with Crippen LogP contribution in [-0.4, -0.2) is 23.9 Å². The van der Waals surface area contributed by atoms with Crippen LogP contribution in [0, 0.1) is 0 Å². The zero-order chi connectivity index (χ0) is 10.6. The van der Waals surface area contributed by atoms with Gasteiger partial charge in [-0.2, -0.15) is 0 Å². The van der Waals surface area contributed by atoms with E-state index >= 15 is 0 Å². The van der Waals surface area contributed by atoms with Crippen molar-refractivity contribution in [2.24, 2.45) is 0 Å². The van der Waals surface area contributed by atoms with Crippen LogP contribution in [-0.2, 0) is 11.2 Å². The SMILES string of the molecule is CC(=O)N(C)[C@H](C)Cc1ccccc1. The van der Waals surface area contributed by atoms with E-state index in [4.69, 9.17) is 0 Å². The monoisotopic (exact) mass is 191 g/mol. The molecule has 0 aliphatic rings. The molecule has 1 atom stereocenters. The van der Waals surface area contributed by atoms with Gasteiger partial charge >= 0.3 is 0 Å².